The van der Waals surface area contributed by atoms with Gasteiger partial charge in [0.15, 0.2) is 0 Å². The number of carbonyl (C=O) groups is 2. The van der Waals surface area contributed by atoms with Gasteiger partial charge in [0, 0.05) is 24.7 Å². The molecule has 1 fully saturated rings. The van der Waals surface area contributed by atoms with Crippen molar-refractivity contribution in [2.75, 3.05) is 19.4 Å². The Morgan fingerprint density at radius 3 is 2.40 bits per heavy atom. The molecule has 6 heteroatoms. The largest absolute Gasteiger partial charge is 0.345 e. The van der Waals surface area contributed by atoms with Gasteiger partial charge in [0.1, 0.15) is 0 Å². The summed E-state index contributed by atoms with van der Waals surface area (Å²) in [5, 5.41) is 3.88. The summed E-state index contributed by atoms with van der Waals surface area (Å²) >= 11 is 12.3. The van der Waals surface area contributed by atoms with E-state index in [1.54, 1.807) is 38.4 Å². The maximum Gasteiger partial charge on any atom is 0.253 e. The summed E-state index contributed by atoms with van der Waals surface area (Å²) < 4.78 is 0. The predicted molar refractivity (Wildman–Crippen MR) is 100 cm³/mol. The molecule has 2 aromatic rings. The van der Waals surface area contributed by atoms with Gasteiger partial charge in [-0.05, 0) is 48.7 Å². The molecule has 3 rings (SSSR count). The second-order valence-corrected chi connectivity index (χ2v) is 7.28. The van der Waals surface area contributed by atoms with Crippen molar-refractivity contribution in [3.05, 3.63) is 63.6 Å². The van der Waals surface area contributed by atoms with Gasteiger partial charge in [-0.25, -0.2) is 0 Å². The normalized spacial score (nSPS) is 14.7. The van der Waals surface area contributed by atoms with Gasteiger partial charge in [-0.15, -0.1) is 0 Å². The van der Waals surface area contributed by atoms with E-state index in [0.717, 1.165) is 18.4 Å². The van der Waals surface area contributed by atoms with Gasteiger partial charge < -0.3 is 10.2 Å². The molecule has 1 aliphatic carbocycles. The Morgan fingerprint density at radius 1 is 1.08 bits per heavy atom. The van der Waals surface area contributed by atoms with Crippen LogP contribution in [0.25, 0.3) is 0 Å². The van der Waals surface area contributed by atoms with Crippen LogP contribution in [0.4, 0.5) is 5.69 Å². The van der Waals surface area contributed by atoms with E-state index < -0.39 is 5.41 Å². The van der Waals surface area contributed by atoms with Gasteiger partial charge in [0.2, 0.25) is 5.91 Å². The summed E-state index contributed by atoms with van der Waals surface area (Å²) in [5.74, 6) is -0.283. The highest BCUT2D eigenvalue weighted by Crippen LogP contribution is 2.49. The maximum absolute atomic E-state index is 12.9. The van der Waals surface area contributed by atoms with E-state index in [1.165, 1.54) is 4.90 Å². The number of benzene rings is 2. The first-order valence-corrected chi connectivity index (χ1v) is 8.68. The second-order valence-electron chi connectivity index (χ2n) is 6.44. The van der Waals surface area contributed by atoms with E-state index >= 15 is 0 Å². The number of nitrogens with zero attached hydrogens (tertiary/aromatic N) is 1. The lowest BCUT2D eigenvalue weighted by Gasteiger charge is -2.18. The fourth-order valence-corrected chi connectivity index (χ4v) is 3.17. The Balaban J connectivity index is 1.86. The third kappa shape index (κ3) is 3.51. The number of halogens is 2. The molecule has 0 radical (unpaired) electrons. The van der Waals surface area contributed by atoms with Crippen molar-refractivity contribution in [2.45, 2.75) is 18.3 Å². The monoisotopic (exact) mass is 376 g/mol. The summed E-state index contributed by atoms with van der Waals surface area (Å²) in [6, 6.07) is 12.2. The van der Waals surface area contributed by atoms with Gasteiger partial charge in [-0.1, -0.05) is 35.3 Å². The Kier molecular flexibility index (Phi) is 4.76. The van der Waals surface area contributed by atoms with Crippen LogP contribution in [0.1, 0.15) is 28.8 Å². The summed E-state index contributed by atoms with van der Waals surface area (Å²) in [6.07, 6.45) is 1.51. The molecular formula is C19H18Cl2N2O2. The van der Waals surface area contributed by atoms with Crippen LogP contribution in [0.5, 0.6) is 0 Å². The molecule has 1 N–H and O–H groups in total. The summed E-state index contributed by atoms with van der Waals surface area (Å²) in [5.41, 5.74) is 1.23. The van der Waals surface area contributed by atoms with Crippen LogP contribution in [0, 0.1) is 0 Å². The van der Waals surface area contributed by atoms with E-state index in [0.29, 0.717) is 21.3 Å². The first kappa shape index (κ1) is 17.8. The minimum Gasteiger partial charge on any atom is -0.345 e. The number of carbonyl (C=O) groups excluding carboxylic acids is 2. The standard InChI is InChI=1S/C19H18Cl2N2O2/c1-23(2)17(24)12-6-7-15(21)16(10-12)22-18(25)19(8-9-19)13-4-3-5-14(20)11-13/h3-7,10-11H,8-9H2,1-2H3,(H,22,25). The third-order valence-corrected chi connectivity index (χ3v) is 4.99. The van der Waals surface area contributed by atoms with E-state index in [9.17, 15) is 9.59 Å². The van der Waals surface area contributed by atoms with E-state index in [2.05, 4.69) is 5.32 Å². The number of amides is 2. The lowest BCUT2D eigenvalue weighted by atomic mass is 9.95. The first-order valence-electron chi connectivity index (χ1n) is 7.92. The number of hydrogen-bond donors (Lipinski definition) is 1. The fourth-order valence-electron chi connectivity index (χ4n) is 2.81. The third-order valence-electron chi connectivity index (χ3n) is 4.43. The minimum absolute atomic E-state index is 0.133. The van der Waals surface area contributed by atoms with Gasteiger partial charge in [0.05, 0.1) is 16.1 Å². The van der Waals surface area contributed by atoms with Gasteiger partial charge >= 0.3 is 0 Å². The molecule has 0 heterocycles. The molecule has 2 amide bonds. The molecule has 0 bridgehead atoms. The Bertz CT molecular complexity index is 845. The maximum atomic E-state index is 12.9. The number of nitrogens with one attached hydrogen (secondary N) is 1. The van der Waals surface area contributed by atoms with Crippen LogP contribution in [-0.2, 0) is 10.2 Å². The average molecular weight is 377 g/mol. The Hall–Kier alpha value is -2.04. The lowest BCUT2D eigenvalue weighted by molar-refractivity contribution is -0.118. The molecule has 0 aliphatic heterocycles. The minimum atomic E-state index is -0.574. The zero-order valence-corrected chi connectivity index (χ0v) is 15.5. The molecule has 1 saturated carbocycles. The van der Waals surface area contributed by atoms with Gasteiger partial charge in [-0.2, -0.15) is 0 Å². The van der Waals surface area contributed by atoms with Crippen molar-refractivity contribution in [1.82, 2.24) is 4.90 Å². The van der Waals surface area contributed by atoms with E-state index in [-0.39, 0.29) is 11.8 Å². The van der Waals surface area contributed by atoms with E-state index in [1.807, 2.05) is 18.2 Å². The molecule has 0 unspecified atom stereocenters. The van der Waals surface area contributed by atoms with Crippen LogP contribution in [0.15, 0.2) is 42.5 Å². The van der Waals surface area contributed by atoms with Crippen molar-refractivity contribution in [3.8, 4) is 0 Å². The lowest BCUT2D eigenvalue weighted by Crippen LogP contribution is -2.28. The molecule has 25 heavy (non-hydrogen) atoms. The molecule has 0 aromatic heterocycles. The van der Waals surface area contributed by atoms with Crippen LogP contribution < -0.4 is 5.32 Å². The van der Waals surface area contributed by atoms with Crippen LogP contribution >= 0.6 is 23.2 Å². The van der Waals surface area contributed by atoms with Crippen molar-refractivity contribution >= 4 is 40.7 Å². The molecule has 4 nitrogen and oxygen atoms in total. The average Bonchev–Trinajstić information content (AvgIpc) is 3.38. The van der Waals surface area contributed by atoms with Gasteiger partial charge in [0.25, 0.3) is 5.91 Å². The quantitative estimate of drug-likeness (QED) is 0.861. The molecule has 0 atom stereocenters. The number of anilines is 1. The van der Waals surface area contributed by atoms with Gasteiger partial charge in [-0.3, -0.25) is 9.59 Å². The SMILES string of the molecule is CN(C)C(=O)c1ccc(Cl)c(NC(=O)C2(c3cccc(Cl)c3)CC2)c1. The molecule has 2 aromatic carbocycles. The molecule has 0 saturated heterocycles. The van der Waals surface area contributed by atoms with E-state index in [4.69, 9.17) is 23.2 Å². The fraction of sp³-hybridized carbons (Fsp3) is 0.263. The van der Waals surface area contributed by atoms with Crippen molar-refractivity contribution in [2.24, 2.45) is 0 Å². The summed E-state index contributed by atoms with van der Waals surface area (Å²) in [4.78, 5) is 26.5. The van der Waals surface area contributed by atoms with Crippen molar-refractivity contribution in [3.63, 3.8) is 0 Å². The second kappa shape index (κ2) is 6.70. The highest BCUT2D eigenvalue weighted by Gasteiger charge is 2.51. The highest BCUT2D eigenvalue weighted by atomic mass is 35.5. The molecular weight excluding hydrogens is 359 g/mol. The molecule has 0 spiro atoms. The highest BCUT2D eigenvalue weighted by molar-refractivity contribution is 6.34. The zero-order valence-electron chi connectivity index (χ0n) is 14.0. The van der Waals surface area contributed by atoms with Crippen molar-refractivity contribution < 1.29 is 9.59 Å². The van der Waals surface area contributed by atoms with Crippen LogP contribution in [0.2, 0.25) is 10.0 Å². The zero-order chi connectivity index (χ0) is 18.2. The molecule has 130 valence electrons. The smallest absolute Gasteiger partial charge is 0.253 e. The number of hydrogen-bond acceptors (Lipinski definition) is 2. The predicted octanol–water partition coefficient (Wildman–Crippen LogP) is 4.37. The number of rotatable bonds is 4. The van der Waals surface area contributed by atoms with Crippen molar-refractivity contribution in [1.29, 1.82) is 0 Å². The molecule has 1 aliphatic rings. The Morgan fingerprint density at radius 2 is 1.80 bits per heavy atom. The van der Waals surface area contributed by atoms with Crippen LogP contribution in [-0.4, -0.2) is 30.8 Å². The summed E-state index contributed by atoms with van der Waals surface area (Å²) in [6.45, 7) is 0. The summed E-state index contributed by atoms with van der Waals surface area (Å²) in [7, 11) is 3.35. The first-order chi connectivity index (χ1) is 11.8. The topological polar surface area (TPSA) is 49.4 Å². The Labute approximate surface area is 156 Å². The van der Waals surface area contributed by atoms with Crippen LogP contribution in [0.3, 0.4) is 0 Å².